The average Bonchev–Trinajstić information content (AvgIpc) is 2.54. The van der Waals surface area contributed by atoms with E-state index in [2.05, 4.69) is 0 Å². The van der Waals surface area contributed by atoms with Crippen LogP contribution in [0.15, 0.2) is 48.5 Å². The van der Waals surface area contributed by atoms with Crippen molar-refractivity contribution < 1.29 is 14.3 Å². The number of aryl methyl sites for hydroxylation is 1. The van der Waals surface area contributed by atoms with E-state index in [9.17, 15) is 4.79 Å². The van der Waals surface area contributed by atoms with Gasteiger partial charge in [0.15, 0.2) is 6.10 Å². The van der Waals surface area contributed by atoms with Crippen molar-refractivity contribution in [1.29, 1.82) is 0 Å². The highest BCUT2D eigenvalue weighted by Crippen LogP contribution is 2.32. The summed E-state index contributed by atoms with van der Waals surface area (Å²) in [6.07, 6.45) is -1.02. The summed E-state index contributed by atoms with van der Waals surface area (Å²) >= 11 is 6.27. The van der Waals surface area contributed by atoms with E-state index in [0.717, 1.165) is 11.1 Å². The monoisotopic (exact) mass is 347 g/mol. The molecule has 0 fully saturated rings. The fourth-order valence-corrected chi connectivity index (χ4v) is 2.55. The molecule has 0 heterocycles. The summed E-state index contributed by atoms with van der Waals surface area (Å²) in [6, 6.07) is 14.4. The fraction of sp³-hybridized carbons (Fsp3) is 0.316. The van der Waals surface area contributed by atoms with Crippen LogP contribution in [0.2, 0.25) is 5.02 Å². The molecule has 128 valence electrons. The first-order valence-corrected chi connectivity index (χ1v) is 8.20. The molecule has 2 aromatic carbocycles. The molecule has 24 heavy (non-hydrogen) atoms. The number of benzene rings is 2. The predicted octanol–water partition coefficient (Wildman–Crippen LogP) is 4.05. The zero-order chi connectivity index (χ0) is 17.7. The minimum Gasteiger partial charge on any atom is -0.480 e. The van der Waals surface area contributed by atoms with E-state index in [0.29, 0.717) is 10.8 Å². The Balaban J connectivity index is 2.28. The molecule has 0 bridgehead atoms. The summed E-state index contributed by atoms with van der Waals surface area (Å²) in [5.74, 6) is 0.0712. The summed E-state index contributed by atoms with van der Waals surface area (Å²) in [6.45, 7) is 5.32. The Bertz CT molecular complexity index is 688. The van der Waals surface area contributed by atoms with Gasteiger partial charge in [0.25, 0.3) is 0 Å². The molecule has 0 amide bonds. The van der Waals surface area contributed by atoms with Crippen LogP contribution in [0.3, 0.4) is 0 Å². The molecule has 0 radical (unpaired) electrons. The highest BCUT2D eigenvalue weighted by molar-refractivity contribution is 6.32. The summed E-state index contributed by atoms with van der Waals surface area (Å²) < 4.78 is 11.5. The number of nitrogens with two attached hydrogens (primary N) is 1. The maximum atomic E-state index is 11.8. The van der Waals surface area contributed by atoms with Crippen LogP contribution in [0, 0.1) is 6.92 Å². The van der Waals surface area contributed by atoms with Crippen LogP contribution in [0.1, 0.15) is 31.1 Å². The van der Waals surface area contributed by atoms with Gasteiger partial charge >= 0.3 is 5.97 Å². The third-order valence-electron chi connectivity index (χ3n) is 3.57. The van der Waals surface area contributed by atoms with E-state index in [1.54, 1.807) is 13.8 Å². The topological polar surface area (TPSA) is 61.5 Å². The molecule has 2 aromatic rings. The zero-order valence-electron chi connectivity index (χ0n) is 14.0. The highest BCUT2D eigenvalue weighted by atomic mass is 35.5. The van der Waals surface area contributed by atoms with Crippen LogP contribution in [0.5, 0.6) is 5.75 Å². The predicted molar refractivity (Wildman–Crippen MR) is 95.2 cm³/mol. The lowest BCUT2D eigenvalue weighted by atomic mass is 10.0. The van der Waals surface area contributed by atoms with E-state index in [4.69, 9.17) is 26.8 Å². The van der Waals surface area contributed by atoms with Gasteiger partial charge in [-0.3, -0.25) is 4.79 Å². The van der Waals surface area contributed by atoms with Gasteiger partial charge in [0.2, 0.25) is 0 Å². The van der Waals surface area contributed by atoms with E-state index in [-0.39, 0.29) is 0 Å². The molecule has 2 N–H and O–H groups in total. The second-order valence-electron chi connectivity index (χ2n) is 5.81. The Morgan fingerprint density at radius 2 is 1.79 bits per heavy atom. The fourth-order valence-electron chi connectivity index (χ4n) is 2.27. The highest BCUT2D eigenvalue weighted by Gasteiger charge is 2.26. The van der Waals surface area contributed by atoms with Gasteiger partial charge in [-0.2, -0.15) is 0 Å². The molecule has 0 saturated heterocycles. The average molecular weight is 348 g/mol. The number of halogens is 1. The van der Waals surface area contributed by atoms with Crippen LogP contribution in [0.4, 0.5) is 0 Å². The van der Waals surface area contributed by atoms with Crippen molar-refractivity contribution in [3.8, 4) is 5.75 Å². The molecule has 0 aliphatic rings. The van der Waals surface area contributed by atoms with E-state index in [1.165, 1.54) is 0 Å². The van der Waals surface area contributed by atoms with Gasteiger partial charge in [0.05, 0.1) is 5.02 Å². The van der Waals surface area contributed by atoms with Crippen LogP contribution in [0.25, 0.3) is 0 Å². The van der Waals surface area contributed by atoms with Gasteiger partial charge < -0.3 is 15.2 Å². The number of esters is 1. The number of hydrogen-bond acceptors (Lipinski definition) is 4. The van der Waals surface area contributed by atoms with E-state index < -0.39 is 24.2 Å². The number of ether oxygens (including phenoxy) is 2. The van der Waals surface area contributed by atoms with Crippen LogP contribution < -0.4 is 10.5 Å². The number of carbonyl (C=O) groups excluding carboxylic acids is 1. The third-order valence-corrected chi connectivity index (χ3v) is 3.86. The lowest BCUT2D eigenvalue weighted by molar-refractivity contribution is -0.154. The normalized spacial score (nSPS) is 14.5. The zero-order valence-corrected chi connectivity index (χ0v) is 14.8. The lowest BCUT2D eigenvalue weighted by Gasteiger charge is -2.26. The molecule has 2 rings (SSSR count). The van der Waals surface area contributed by atoms with E-state index in [1.807, 2.05) is 55.5 Å². The first-order chi connectivity index (χ1) is 11.4. The maximum absolute atomic E-state index is 11.8. The first-order valence-electron chi connectivity index (χ1n) is 7.82. The maximum Gasteiger partial charge on any atom is 0.323 e. The Labute approximate surface area is 147 Å². The van der Waals surface area contributed by atoms with Gasteiger partial charge in [-0.05, 0) is 44.0 Å². The third kappa shape index (κ3) is 4.73. The minimum atomic E-state index is -0.688. The van der Waals surface area contributed by atoms with Crippen LogP contribution in [-0.2, 0) is 9.53 Å². The van der Waals surface area contributed by atoms with Gasteiger partial charge in [-0.15, -0.1) is 0 Å². The molecule has 0 spiro atoms. The largest absolute Gasteiger partial charge is 0.480 e. The molecule has 0 aliphatic carbocycles. The van der Waals surface area contributed by atoms with Gasteiger partial charge in [-0.25, -0.2) is 0 Å². The second-order valence-corrected chi connectivity index (χ2v) is 6.22. The molecule has 4 nitrogen and oxygen atoms in total. The minimum absolute atomic E-state index is 0.470. The van der Waals surface area contributed by atoms with Crippen molar-refractivity contribution in [1.82, 2.24) is 0 Å². The van der Waals surface area contributed by atoms with Crippen molar-refractivity contribution in [3.63, 3.8) is 0 Å². The summed E-state index contributed by atoms with van der Waals surface area (Å²) in [5, 5.41) is 0.515. The summed E-state index contributed by atoms with van der Waals surface area (Å²) in [5.41, 5.74) is 7.51. The van der Waals surface area contributed by atoms with Crippen molar-refractivity contribution in [2.75, 3.05) is 0 Å². The first kappa shape index (κ1) is 18.3. The van der Waals surface area contributed by atoms with Crippen LogP contribution >= 0.6 is 11.6 Å². The molecule has 0 aromatic heterocycles. The lowest BCUT2D eigenvalue weighted by Crippen LogP contribution is -2.34. The van der Waals surface area contributed by atoms with Gasteiger partial charge in [0, 0.05) is 0 Å². The molecule has 1 unspecified atom stereocenters. The molecule has 0 aliphatic heterocycles. The SMILES string of the molecule is Cc1ccc(O[C@H](c2ccccc2)C(C)OC(=O)[C@H](C)N)c(Cl)c1. The molecular weight excluding hydrogens is 326 g/mol. The molecular formula is C19H22ClNO3. The molecule has 5 heteroatoms. The molecule has 0 saturated carbocycles. The Hall–Kier alpha value is -2.04. The van der Waals surface area contributed by atoms with Gasteiger partial charge in [0.1, 0.15) is 17.9 Å². The number of rotatable bonds is 6. The smallest absolute Gasteiger partial charge is 0.323 e. The quantitative estimate of drug-likeness (QED) is 0.801. The Morgan fingerprint density at radius 3 is 2.38 bits per heavy atom. The number of hydrogen-bond donors (Lipinski definition) is 1. The van der Waals surface area contributed by atoms with Crippen molar-refractivity contribution in [2.45, 2.75) is 39.0 Å². The van der Waals surface area contributed by atoms with Crippen molar-refractivity contribution >= 4 is 17.6 Å². The second kappa shape index (κ2) is 8.18. The Morgan fingerprint density at radius 1 is 1.12 bits per heavy atom. The standard InChI is InChI=1S/C19H22ClNO3/c1-12-9-10-17(16(20)11-12)24-18(15-7-5-4-6-8-15)14(3)23-19(22)13(2)21/h4-11,13-14,18H,21H2,1-3H3/t13-,14?,18-/m0/s1. The Kier molecular flexibility index (Phi) is 6.23. The van der Waals surface area contributed by atoms with Gasteiger partial charge in [-0.1, -0.05) is 48.0 Å². The molecule has 3 atom stereocenters. The summed E-state index contributed by atoms with van der Waals surface area (Å²) in [4.78, 5) is 11.8. The van der Waals surface area contributed by atoms with Crippen molar-refractivity contribution in [2.24, 2.45) is 5.73 Å². The van der Waals surface area contributed by atoms with Crippen LogP contribution in [-0.4, -0.2) is 18.1 Å². The van der Waals surface area contributed by atoms with E-state index >= 15 is 0 Å². The number of carbonyl (C=O) groups is 1. The summed E-state index contributed by atoms with van der Waals surface area (Å²) in [7, 11) is 0. The van der Waals surface area contributed by atoms with Crippen molar-refractivity contribution in [3.05, 3.63) is 64.7 Å².